The van der Waals surface area contributed by atoms with E-state index in [1.807, 2.05) is 0 Å². The molecule has 2 aliphatic rings. The minimum Gasteiger partial charge on any atom is -0.354 e. The fourth-order valence-corrected chi connectivity index (χ4v) is 4.06. The maximum Gasteiger partial charge on any atom is 0.254 e. The first kappa shape index (κ1) is 22.3. The third-order valence-corrected chi connectivity index (χ3v) is 5.97. The first-order valence-electron chi connectivity index (χ1n) is 9.30. The van der Waals surface area contributed by atoms with Crippen molar-refractivity contribution in [3.05, 3.63) is 33.8 Å². The molecular formula is C19H26Cl3N3O2. The third kappa shape index (κ3) is 5.74. The van der Waals surface area contributed by atoms with Gasteiger partial charge in [0.15, 0.2) is 0 Å². The summed E-state index contributed by atoms with van der Waals surface area (Å²) in [5.41, 5.74) is 0.465. The van der Waals surface area contributed by atoms with Gasteiger partial charge >= 0.3 is 0 Å². The second-order valence-electron chi connectivity index (χ2n) is 7.08. The van der Waals surface area contributed by atoms with Crippen LogP contribution in [0.2, 0.25) is 10.0 Å². The number of hydrogen-bond acceptors (Lipinski definition) is 3. The quantitative estimate of drug-likeness (QED) is 0.745. The van der Waals surface area contributed by atoms with Crippen molar-refractivity contribution >= 4 is 47.4 Å². The minimum atomic E-state index is -0.401. The van der Waals surface area contributed by atoms with Gasteiger partial charge in [-0.15, -0.1) is 12.4 Å². The molecule has 0 saturated carbocycles. The van der Waals surface area contributed by atoms with Crippen molar-refractivity contribution in [3.8, 4) is 0 Å². The van der Waals surface area contributed by atoms with Gasteiger partial charge in [0, 0.05) is 18.7 Å². The molecule has 2 N–H and O–H groups in total. The fourth-order valence-electron chi connectivity index (χ4n) is 3.77. The number of nitrogens with one attached hydrogen (secondary N) is 2. The predicted molar refractivity (Wildman–Crippen MR) is 111 cm³/mol. The number of piperidine rings is 1. The summed E-state index contributed by atoms with van der Waals surface area (Å²) in [5.74, 6) is 0.402. The molecule has 2 amide bonds. The van der Waals surface area contributed by atoms with Crippen molar-refractivity contribution in [1.82, 2.24) is 15.5 Å². The van der Waals surface area contributed by atoms with Crippen LogP contribution in [0.4, 0.5) is 0 Å². The normalized spacial score (nSPS) is 22.2. The topological polar surface area (TPSA) is 61.4 Å². The number of likely N-dealkylation sites (tertiary alicyclic amines) is 1. The van der Waals surface area contributed by atoms with Gasteiger partial charge < -0.3 is 15.5 Å². The molecule has 0 radical (unpaired) electrons. The number of benzene rings is 1. The Bertz CT molecular complexity index is 666. The fraction of sp³-hybridized carbons (Fsp3) is 0.579. The van der Waals surface area contributed by atoms with Crippen molar-refractivity contribution in [1.29, 1.82) is 0 Å². The van der Waals surface area contributed by atoms with Crippen LogP contribution in [0, 0.1) is 5.92 Å². The Morgan fingerprint density at radius 2 is 2.00 bits per heavy atom. The lowest BCUT2D eigenvalue weighted by molar-refractivity contribution is -0.124. The maximum atomic E-state index is 12.8. The molecule has 2 atom stereocenters. The summed E-state index contributed by atoms with van der Waals surface area (Å²) in [7, 11) is 0. The van der Waals surface area contributed by atoms with Gasteiger partial charge in [-0.3, -0.25) is 9.59 Å². The molecule has 5 nitrogen and oxygen atoms in total. The highest BCUT2D eigenvalue weighted by atomic mass is 35.5. The lowest BCUT2D eigenvalue weighted by Gasteiger charge is -2.25. The molecular weight excluding hydrogens is 409 g/mol. The van der Waals surface area contributed by atoms with Gasteiger partial charge in [0.1, 0.15) is 6.04 Å². The Balaban J connectivity index is 0.00000261. The minimum absolute atomic E-state index is 0. The number of carbonyl (C=O) groups is 2. The average molecular weight is 435 g/mol. The van der Waals surface area contributed by atoms with Crippen LogP contribution in [0.3, 0.4) is 0 Å². The van der Waals surface area contributed by atoms with Gasteiger partial charge in [0.25, 0.3) is 5.91 Å². The van der Waals surface area contributed by atoms with E-state index in [0.29, 0.717) is 41.0 Å². The second kappa shape index (κ2) is 10.5. The molecule has 27 heavy (non-hydrogen) atoms. The monoisotopic (exact) mass is 433 g/mol. The van der Waals surface area contributed by atoms with E-state index in [9.17, 15) is 9.59 Å². The highest BCUT2D eigenvalue weighted by Crippen LogP contribution is 2.26. The predicted octanol–water partition coefficient (Wildman–Crippen LogP) is 3.53. The van der Waals surface area contributed by atoms with Crippen molar-refractivity contribution in [2.75, 3.05) is 26.2 Å². The first-order valence-corrected chi connectivity index (χ1v) is 10.1. The van der Waals surface area contributed by atoms with Crippen LogP contribution in [-0.2, 0) is 4.79 Å². The highest BCUT2D eigenvalue weighted by molar-refractivity contribution is 6.42. The number of amides is 2. The average Bonchev–Trinajstić information content (AvgIpc) is 3.14. The maximum absolute atomic E-state index is 12.8. The van der Waals surface area contributed by atoms with Crippen molar-refractivity contribution in [2.45, 2.75) is 38.1 Å². The lowest BCUT2D eigenvalue weighted by Crippen LogP contribution is -2.46. The number of rotatable bonds is 5. The number of halogens is 3. The summed E-state index contributed by atoms with van der Waals surface area (Å²) in [4.78, 5) is 27.0. The van der Waals surface area contributed by atoms with Crippen molar-refractivity contribution in [2.24, 2.45) is 5.92 Å². The van der Waals surface area contributed by atoms with E-state index in [-0.39, 0.29) is 24.2 Å². The Labute approximate surface area is 176 Å². The molecule has 2 aliphatic heterocycles. The zero-order valence-electron chi connectivity index (χ0n) is 15.2. The largest absolute Gasteiger partial charge is 0.354 e. The Morgan fingerprint density at radius 3 is 2.70 bits per heavy atom. The molecule has 0 spiro atoms. The van der Waals surface area contributed by atoms with E-state index in [4.69, 9.17) is 23.2 Å². The number of nitrogens with zero attached hydrogens (tertiary/aromatic N) is 1. The van der Waals surface area contributed by atoms with Crippen LogP contribution < -0.4 is 10.6 Å². The molecule has 0 aliphatic carbocycles. The van der Waals surface area contributed by atoms with Crippen LogP contribution in [-0.4, -0.2) is 48.9 Å². The summed E-state index contributed by atoms with van der Waals surface area (Å²) < 4.78 is 0. The second-order valence-corrected chi connectivity index (χ2v) is 7.89. The Hall–Kier alpha value is -1.01. The molecule has 2 unspecified atom stereocenters. The van der Waals surface area contributed by atoms with Gasteiger partial charge in [0.2, 0.25) is 5.91 Å². The lowest BCUT2D eigenvalue weighted by atomic mass is 9.96. The van der Waals surface area contributed by atoms with E-state index >= 15 is 0 Å². The Morgan fingerprint density at radius 1 is 1.19 bits per heavy atom. The highest BCUT2D eigenvalue weighted by Gasteiger charge is 2.34. The van der Waals surface area contributed by atoms with Crippen LogP contribution >= 0.6 is 35.6 Å². The van der Waals surface area contributed by atoms with Crippen LogP contribution in [0.15, 0.2) is 18.2 Å². The Kier molecular flexibility index (Phi) is 8.67. The molecule has 0 bridgehead atoms. The molecule has 2 saturated heterocycles. The summed E-state index contributed by atoms with van der Waals surface area (Å²) in [6.07, 6.45) is 4.93. The van der Waals surface area contributed by atoms with E-state index in [1.165, 1.54) is 12.8 Å². The van der Waals surface area contributed by atoms with Crippen molar-refractivity contribution < 1.29 is 9.59 Å². The molecule has 1 aromatic rings. The molecule has 2 fully saturated rings. The molecule has 0 aromatic heterocycles. The summed E-state index contributed by atoms with van der Waals surface area (Å²) in [6, 6.07) is 4.43. The van der Waals surface area contributed by atoms with Gasteiger partial charge in [0.05, 0.1) is 10.0 Å². The first-order chi connectivity index (χ1) is 12.6. The van der Waals surface area contributed by atoms with Gasteiger partial charge in [-0.25, -0.2) is 0 Å². The molecule has 8 heteroatoms. The van der Waals surface area contributed by atoms with Gasteiger partial charge in [-0.05, 0) is 69.3 Å². The van der Waals surface area contributed by atoms with E-state index in [2.05, 4.69) is 10.6 Å². The van der Waals surface area contributed by atoms with E-state index in [0.717, 1.165) is 25.9 Å². The number of hydrogen-bond donors (Lipinski definition) is 2. The SMILES string of the molecule is Cl.O=C(NCCC1CCCNC1)C1CCCN1C(=O)c1ccc(Cl)c(Cl)c1. The van der Waals surface area contributed by atoms with Gasteiger partial charge in [-0.2, -0.15) is 0 Å². The van der Waals surface area contributed by atoms with Crippen LogP contribution in [0.1, 0.15) is 42.5 Å². The smallest absolute Gasteiger partial charge is 0.254 e. The molecule has 150 valence electrons. The van der Waals surface area contributed by atoms with E-state index < -0.39 is 6.04 Å². The number of carbonyl (C=O) groups excluding carboxylic acids is 2. The van der Waals surface area contributed by atoms with Gasteiger partial charge in [-0.1, -0.05) is 23.2 Å². The summed E-state index contributed by atoms with van der Waals surface area (Å²) >= 11 is 11.9. The summed E-state index contributed by atoms with van der Waals surface area (Å²) in [6.45, 7) is 3.37. The zero-order chi connectivity index (χ0) is 18.5. The van der Waals surface area contributed by atoms with Crippen LogP contribution in [0.5, 0.6) is 0 Å². The van der Waals surface area contributed by atoms with Crippen LogP contribution in [0.25, 0.3) is 0 Å². The molecule has 3 rings (SSSR count). The summed E-state index contributed by atoms with van der Waals surface area (Å²) in [5, 5.41) is 7.17. The zero-order valence-corrected chi connectivity index (χ0v) is 17.5. The van der Waals surface area contributed by atoms with Crippen molar-refractivity contribution in [3.63, 3.8) is 0 Å². The standard InChI is InChI=1S/C19H25Cl2N3O2.ClH/c20-15-6-5-14(11-16(15)21)19(26)24-10-2-4-17(24)18(25)23-9-7-13-3-1-8-22-12-13;/h5-6,11,13,17,22H,1-4,7-10,12H2,(H,23,25);1H. The molecule has 1 aromatic carbocycles. The van der Waals surface area contributed by atoms with E-state index in [1.54, 1.807) is 23.1 Å². The molecule has 2 heterocycles. The third-order valence-electron chi connectivity index (χ3n) is 5.23.